The van der Waals surface area contributed by atoms with Gasteiger partial charge in [-0.2, -0.15) is 0 Å². The Kier molecular flexibility index (Phi) is 6.75. The first-order valence-corrected chi connectivity index (χ1v) is 12.9. The van der Waals surface area contributed by atoms with E-state index in [1.54, 1.807) is 18.6 Å². The summed E-state index contributed by atoms with van der Waals surface area (Å²) >= 11 is 0. The van der Waals surface area contributed by atoms with Gasteiger partial charge in [-0.15, -0.1) is 0 Å². The van der Waals surface area contributed by atoms with Crippen molar-refractivity contribution in [3.05, 3.63) is 46.1 Å². The molecule has 0 radical (unpaired) electrons. The molecular formula is C27H35N7O2. The lowest BCUT2D eigenvalue weighted by Gasteiger charge is -2.35. The molecule has 1 aliphatic carbocycles. The number of ketones is 1. The first-order valence-electron chi connectivity index (χ1n) is 12.9. The Morgan fingerprint density at radius 1 is 1.00 bits per heavy atom. The van der Waals surface area contributed by atoms with Crippen LogP contribution < -0.4 is 15.8 Å². The van der Waals surface area contributed by atoms with Gasteiger partial charge in [0, 0.05) is 42.8 Å². The molecular weight excluding hydrogens is 454 g/mol. The SMILES string of the molecule is CC(=O)c1c(C)c2cnc(Nc3cnc(N4CCC(N(C)C)CC4)cn3)cc2n(C2CCCC2)c1=O. The van der Waals surface area contributed by atoms with Crippen LogP contribution in [0.2, 0.25) is 0 Å². The number of aryl methyl sites for hydroxylation is 1. The number of aromatic nitrogens is 4. The number of anilines is 3. The third-order valence-electron chi connectivity index (χ3n) is 7.81. The predicted molar refractivity (Wildman–Crippen MR) is 142 cm³/mol. The molecule has 4 heterocycles. The van der Waals surface area contributed by atoms with E-state index in [4.69, 9.17) is 0 Å². The number of pyridine rings is 2. The average Bonchev–Trinajstić information content (AvgIpc) is 3.39. The second-order valence-corrected chi connectivity index (χ2v) is 10.3. The van der Waals surface area contributed by atoms with Gasteiger partial charge in [0.25, 0.3) is 5.56 Å². The highest BCUT2D eigenvalue weighted by atomic mass is 16.1. The molecule has 36 heavy (non-hydrogen) atoms. The standard InChI is InChI=1S/C27H35N7O2/c1-17-21-14-28-23(13-22(21)34(20-7-5-6-8-20)27(36)26(17)18(2)35)31-24-15-30-25(16-29-24)33-11-9-19(10-12-33)32(3)4/h13-16,19-20H,5-12H2,1-4H3,(H,28,29,31). The minimum Gasteiger partial charge on any atom is -0.355 e. The molecule has 1 saturated heterocycles. The molecule has 3 aromatic heterocycles. The number of hydrogen-bond donors (Lipinski definition) is 1. The molecule has 1 saturated carbocycles. The number of Topliss-reactive ketones (excluding diaryl/α,β-unsaturated/α-hetero) is 1. The van der Waals surface area contributed by atoms with E-state index in [0.29, 0.717) is 23.2 Å². The van der Waals surface area contributed by atoms with Gasteiger partial charge in [-0.05, 0) is 59.2 Å². The van der Waals surface area contributed by atoms with Crippen molar-refractivity contribution in [2.45, 2.75) is 64.5 Å². The first kappa shape index (κ1) is 24.4. The lowest BCUT2D eigenvalue weighted by molar-refractivity contribution is 0.101. The third kappa shape index (κ3) is 4.59. The van der Waals surface area contributed by atoms with E-state index >= 15 is 0 Å². The van der Waals surface area contributed by atoms with Crippen molar-refractivity contribution in [3.63, 3.8) is 0 Å². The van der Waals surface area contributed by atoms with Crippen LogP contribution in [0.1, 0.15) is 67.4 Å². The van der Waals surface area contributed by atoms with Gasteiger partial charge in [0.05, 0.1) is 23.5 Å². The summed E-state index contributed by atoms with van der Waals surface area (Å²) in [6.07, 6.45) is 11.6. The number of nitrogens with one attached hydrogen (secondary N) is 1. The van der Waals surface area contributed by atoms with Crippen LogP contribution >= 0.6 is 0 Å². The maximum atomic E-state index is 13.4. The quantitative estimate of drug-likeness (QED) is 0.518. The number of rotatable bonds is 6. The van der Waals surface area contributed by atoms with Gasteiger partial charge in [0.15, 0.2) is 5.78 Å². The van der Waals surface area contributed by atoms with E-state index in [9.17, 15) is 9.59 Å². The van der Waals surface area contributed by atoms with Crippen LogP contribution in [0.4, 0.5) is 17.5 Å². The van der Waals surface area contributed by atoms with Crippen LogP contribution in [0.3, 0.4) is 0 Å². The zero-order chi connectivity index (χ0) is 25.4. The highest BCUT2D eigenvalue weighted by Gasteiger charge is 2.25. The van der Waals surface area contributed by atoms with Gasteiger partial charge in [-0.25, -0.2) is 15.0 Å². The Morgan fingerprint density at radius 2 is 1.69 bits per heavy atom. The van der Waals surface area contributed by atoms with Crippen LogP contribution in [0.15, 0.2) is 29.5 Å². The Hall–Kier alpha value is -3.33. The van der Waals surface area contributed by atoms with E-state index in [-0.39, 0.29) is 22.9 Å². The normalized spacial score (nSPS) is 17.3. The average molecular weight is 490 g/mol. The zero-order valence-electron chi connectivity index (χ0n) is 21.6. The number of fused-ring (bicyclic) bond motifs is 1. The van der Waals surface area contributed by atoms with Crippen molar-refractivity contribution in [1.82, 2.24) is 24.4 Å². The summed E-state index contributed by atoms with van der Waals surface area (Å²) in [7, 11) is 4.27. The maximum absolute atomic E-state index is 13.4. The van der Waals surface area contributed by atoms with Gasteiger partial charge in [-0.3, -0.25) is 9.59 Å². The maximum Gasteiger partial charge on any atom is 0.262 e. The Labute approximate surface area is 211 Å². The van der Waals surface area contributed by atoms with Crippen molar-refractivity contribution in [2.24, 2.45) is 0 Å². The summed E-state index contributed by atoms with van der Waals surface area (Å²) < 4.78 is 1.82. The van der Waals surface area contributed by atoms with Crippen LogP contribution in [-0.4, -0.2) is 63.4 Å². The van der Waals surface area contributed by atoms with E-state index in [1.165, 1.54) is 6.92 Å². The minimum absolute atomic E-state index is 0.102. The Morgan fingerprint density at radius 3 is 2.31 bits per heavy atom. The van der Waals surface area contributed by atoms with Crippen molar-refractivity contribution >= 4 is 34.1 Å². The second kappa shape index (κ2) is 9.97. The van der Waals surface area contributed by atoms with E-state index in [2.05, 4.69) is 44.2 Å². The monoisotopic (exact) mass is 489 g/mol. The van der Waals surface area contributed by atoms with Gasteiger partial charge in [-0.1, -0.05) is 12.8 Å². The highest BCUT2D eigenvalue weighted by molar-refractivity contribution is 6.00. The first-order chi connectivity index (χ1) is 17.3. The van der Waals surface area contributed by atoms with Gasteiger partial charge in [0.2, 0.25) is 0 Å². The molecule has 9 nitrogen and oxygen atoms in total. The molecule has 3 aromatic rings. The molecule has 0 amide bonds. The summed E-state index contributed by atoms with van der Waals surface area (Å²) in [5, 5.41) is 4.08. The number of piperidine rings is 1. The summed E-state index contributed by atoms with van der Waals surface area (Å²) in [5.41, 5.74) is 1.57. The molecule has 0 unspecified atom stereocenters. The predicted octanol–water partition coefficient (Wildman–Crippen LogP) is 4.09. The largest absolute Gasteiger partial charge is 0.355 e. The topological polar surface area (TPSA) is 96.2 Å². The minimum atomic E-state index is -0.199. The lowest BCUT2D eigenvalue weighted by Crippen LogP contribution is -2.42. The Bertz CT molecular complexity index is 1320. The van der Waals surface area contributed by atoms with Crippen molar-refractivity contribution < 1.29 is 4.79 Å². The molecule has 1 aliphatic heterocycles. The summed E-state index contributed by atoms with van der Waals surface area (Å²) in [4.78, 5) is 44.1. The van der Waals surface area contributed by atoms with E-state index < -0.39 is 0 Å². The number of hydrogen-bond acceptors (Lipinski definition) is 8. The van der Waals surface area contributed by atoms with E-state index in [1.807, 2.05) is 17.6 Å². The molecule has 5 rings (SSSR count). The number of carbonyl (C=O) groups excluding carboxylic acids is 1. The lowest BCUT2D eigenvalue weighted by atomic mass is 10.0. The van der Waals surface area contributed by atoms with Crippen molar-refractivity contribution in [3.8, 4) is 0 Å². The van der Waals surface area contributed by atoms with Gasteiger partial charge >= 0.3 is 0 Å². The number of nitrogens with zero attached hydrogens (tertiary/aromatic N) is 6. The van der Waals surface area contributed by atoms with E-state index in [0.717, 1.165) is 68.3 Å². The van der Waals surface area contributed by atoms with Crippen LogP contribution in [0.5, 0.6) is 0 Å². The van der Waals surface area contributed by atoms with Gasteiger partial charge in [0.1, 0.15) is 17.5 Å². The molecule has 2 aliphatic rings. The molecule has 9 heteroatoms. The molecule has 0 spiro atoms. The van der Waals surface area contributed by atoms with Crippen LogP contribution in [-0.2, 0) is 0 Å². The Balaban J connectivity index is 1.42. The van der Waals surface area contributed by atoms with Crippen molar-refractivity contribution in [1.29, 1.82) is 0 Å². The van der Waals surface area contributed by atoms with Crippen LogP contribution in [0, 0.1) is 6.92 Å². The summed E-state index contributed by atoms with van der Waals surface area (Å²) in [6, 6.07) is 2.61. The van der Waals surface area contributed by atoms with Gasteiger partial charge < -0.3 is 19.7 Å². The summed E-state index contributed by atoms with van der Waals surface area (Å²) in [5.74, 6) is 1.87. The number of carbonyl (C=O) groups is 1. The third-order valence-corrected chi connectivity index (χ3v) is 7.81. The fourth-order valence-corrected chi connectivity index (χ4v) is 5.76. The molecule has 2 fully saturated rings. The molecule has 190 valence electrons. The highest BCUT2D eigenvalue weighted by Crippen LogP contribution is 2.33. The summed E-state index contributed by atoms with van der Waals surface area (Å²) in [6.45, 7) is 5.23. The smallest absolute Gasteiger partial charge is 0.262 e. The molecule has 0 aromatic carbocycles. The molecule has 1 N–H and O–H groups in total. The van der Waals surface area contributed by atoms with Crippen molar-refractivity contribution in [2.75, 3.05) is 37.4 Å². The molecule has 0 bridgehead atoms. The fourth-order valence-electron chi connectivity index (χ4n) is 5.76. The molecule has 0 atom stereocenters. The second-order valence-electron chi connectivity index (χ2n) is 10.3. The fraction of sp³-hybridized carbons (Fsp3) is 0.519. The van der Waals surface area contributed by atoms with Crippen LogP contribution in [0.25, 0.3) is 10.9 Å². The zero-order valence-corrected chi connectivity index (χ0v) is 21.6.